The fourth-order valence-electron chi connectivity index (χ4n) is 1.41. The molecule has 1 heterocycles. The highest BCUT2D eigenvalue weighted by molar-refractivity contribution is 5.90. The van der Waals surface area contributed by atoms with Gasteiger partial charge in [0.2, 0.25) is 0 Å². The lowest BCUT2D eigenvalue weighted by Gasteiger charge is -1.97. The summed E-state index contributed by atoms with van der Waals surface area (Å²) in [4.78, 5) is 35.7. The fraction of sp³-hybridized carbons (Fsp3) is 0. The minimum atomic E-state index is -0.841. The third kappa shape index (κ3) is 3.50. The Labute approximate surface area is 121 Å². The molecule has 0 aliphatic rings. The molecule has 0 spiro atoms. The molecule has 0 aliphatic carbocycles. The summed E-state index contributed by atoms with van der Waals surface area (Å²) in [5.41, 5.74) is -0.101. The molecular formula is C12H7N3O7. The van der Waals surface area contributed by atoms with Crippen LogP contribution >= 0.6 is 0 Å². The maximum Gasteiger partial charge on any atom is 0.433 e. The van der Waals surface area contributed by atoms with Crippen molar-refractivity contribution in [3.63, 3.8) is 0 Å². The van der Waals surface area contributed by atoms with Gasteiger partial charge in [-0.15, -0.1) is 0 Å². The van der Waals surface area contributed by atoms with E-state index in [1.807, 2.05) is 0 Å². The number of benzene rings is 1. The Morgan fingerprint density at radius 1 is 1.09 bits per heavy atom. The molecule has 0 amide bonds. The maximum atomic E-state index is 11.6. The lowest BCUT2D eigenvalue weighted by Crippen LogP contribution is -2.01. The average molecular weight is 305 g/mol. The van der Waals surface area contributed by atoms with Crippen molar-refractivity contribution >= 4 is 23.8 Å². The van der Waals surface area contributed by atoms with E-state index in [2.05, 4.69) is 9.99 Å². The Hall–Kier alpha value is -3.56. The standard InChI is InChI=1S/C12H7N3O7/c16-12(8-1-3-9(4-2-8)14(17)18)22-13-7-10-5-6-11(21-10)15(19)20/h1-7H/b13-7-. The topological polar surface area (TPSA) is 138 Å². The summed E-state index contributed by atoms with van der Waals surface area (Å²) in [6.07, 6.45) is 0.982. The molecule has 0 bridgehead atoms. The summed E-state index contributed by atoms with van der Waals surface area (Å²) in [5.74, 6) is -1.28. The second-order valence-electron chi connectivity index (χ2n) is 3.85. The summed E-state index contributed by atoms with van der Waals surface area (Å²) in [7, 11) is 0. The van der Waals surface area contributed by atoms with Gasteiger partial charge in [0.25, 0.3) is 5.69 Å². The van der Waals surface area contributed by atoms with Gasteiger partial charge in [0.1, 0.15) is 11.1 Å². The first kappa shape index (κ1) is 14.8. The first-order valence-corrected chi connectivity index (χ1v) is 5.71. The van der Waals surface area contributed by atoms with E-state index in [4.69, 9.17) is 4.42 Å². The fourth-order valence-corrected chi connectivity index (χ4v) is 1.41. The average Bonchev–Trinajstić information content (AvgIpc) is 2.96. The second kappa shape index (κ2) is 6.26. The van der Waals surface area contributed by atoms with Crippen LogP contribution in [0.2, 0.25) is 0 Å². The van der Waals surface area contributed by atoms with Crippen LogP contribution in [0.25, 0.3) is 0 Å². The summed E-state index contributed by atoms with van der Waals surface area (Å²) in [6, 6.07) is 7.13. The summed E-state index contributed by atoms with van der Waals surface area (Å²) >= 11 is 0. The number of hydrogen-bond donors (Lipinski definition) is 0. The van der Waals surface area contributed by atoms with E-state index < -0.39 is 21.7 Å². The monoisotopic (exact) mass is 305 g/mol. The molecule has 10 nitrogen and oxygen atoms in total. The van der Waals surface area contributed by atoms with Gasteiger partial charge in [-0.05, 0) is 18.2 Å². The van der Waals surface area contributed by atoms with Gasteiger partial charge in [0.05, 0.1) is 16.6 Å². The lowest BCUT2D eigenvalue weighted by atomic mass is 10.2. The molecule has 0 unspecified atom stereocenters. The number of rotatable bonds is 5. The second-order valence-corrected chi connectivity index (χ2v) is 3.85. The number of nitro benzene ring substituents is 1. The smallest absolute Gasteiger partial charge is 0.400 e. The highest BCUT2D eigenvalue weighted by Gasteiger charge is 2.12. The molecule has 10 heteroatoms. The van der Waals surface area contributed by atoms with Crippen LogP contribution in [0.15, 0.2) is 46.0 Å². The number of nitrogens with zero attached hydrogens (tertiary/aromatic N) is 3. The SMILES string of the molecule is O=C(O/N=C\c1ccc([N+](=O)[O-])o1)c1ccc([N+](=O)[O-])cc1. The maximum absolute atomic E-state index is 11.6. The molecule has 1 aromatic heterocycles. The van der Waals surface area contributed by atoms with E-state index in [1.165, 1.54) is 18.2 Å². The molecule has 1 aromatic carbocycles. The number of carbonyl (C=O) groups excluding carboxylic acids is 1. The molecule has 2 aromatic rings. The van der Waals surface area contributed by atoms with Crippen molar-refractivity contribution in [3.8, 4) is 0 Å². The Kier molecular flexibility index (Phi) is 4.22. The molecule has 0 atom stereocenters. The van der Waals surface area contributed by atoms with Gasteiger partial charge >= 0.3 is 11.9 Å². The van der Waals surface area contributed by atoms with Crippen LogP contribution in [0.4, 0.5) is 11.6 Å². The molecule has 2 rings (SSSR count). The minimum Gasteiger partial charge on any atom is -0.400 e. The van der Waals surface area contributed by atoms with Gasteiger partial charge in [-0.25, -0.2) is 4.79 Å². The van der Waals surface area contributed by atoms with Crippen LogP contribution in [0.5, 0.6) is 0 Å². The quantitative estimate of drug-likeness (QED) is 0.357. The highest BCUT2D eigenvalue weighted by atomic mass is 16.7. The van der Waals surface area contributed by atoms with Gasteiger partial charge in [-0.2, -0.15) is 0 Å². The van der Waals surface area contributed by atoms with E-state index >= 15 is 0 Å². The molecule has 0 saturated heterocycles. The Morgan fingerprint density at radius 2 is 1.77 bits per heavy atom. The third-order valence-electron chi connectivity index (χ3n) is 2.42. The van der Waals surface area contributed by atoms with Crippen LogP contribution in [-0.2, 0) is 4.84 Å². The van der Waals surface area contributed by atoms with E-state index in [-0.39, 0.29) is 17.0 Å². The number of furan rings is 1. The summed E-state index contributed by atoms with van der Waals surface area (Å²) < 4.78 is 4.76. The predicted octanol–water partition coefficient (Wildman–Crippen LogP) is 2.29. The molecule has 112 valence electrons. The molecule has 0 saturated carbocycles. The molecule has 0 radical (unpaired) electrons. The molecular weight excluding hydrogens is 298 g/mol. The first-order valence-electron chi connectivity index (χ1n) is 5.71. The van der Waals surface area contributed by atoms with Gasteiger partial charge in [-0.3, -0.25) is 20.2 Å². The number of non-ortho nitro benzene ring substituents is 1. The zero-order valence-corrected chi connectivity index (χ0v) is 10.7. The number of carbonyl (C=O) groups is 1. The van der Waals surface area contributed by atoms with Crippen LogP contribution in [0.3, 0.4) is 0 Å². The van der Waals surface area contributed by atoms with Crippen molar-refractivity contribution in [2.75, 3.05) is 0 Å². The van der Waals surface area contributed by atoms with Crippen molar-refractivity contribution in [2.45, 2.75) is 0 Å². The van der Waals surface area contributed by atoms with Crippen LogP contribution in [0, 0.1) is 20.2 Å². The summed E-state index contributed by atoms with van der Waals surface area (Å²) in [5, 5.41) is 24.2. The molecule has 0 aliphatic heterocycles. The summed E-state index contributed by atoms with van der Waals surface area (Å²) in [6.45, 7) is 0. The zero-order chi connectivity index (χ0) is 16.1. The van der Waals surface area contributed by atoms with Crippen molar-refractivity contribution in [1.29, 1.82) is 0 Å². The Morgan fingerprint density at radius 3 is 2.32 bits per heavy atom. The van der Waals surface area contributed by atoms with E-state index in [0.717, 1.165) is 24.4 Å². The van der Waals surface area contributed by atoms with Crippen molar-refractivity contribution in [2.24, 2.45) is 5.16 Å². The van der Waals surface area contributed by atoms with Gasteiger partial charge < -0.3 is 9.25 Å². The van der Waals surface area contributed by atoms with E-state index in [1.54, 1.807) is 0 Å². The lowest BCUT2D eigenvalue weighted by molar-refractivity contribution is -0.402. The van der Waals surface area contributed by atoms with Crippen molar-refractivity contribution in [1.82, 2.24) is 0 Å². The number of hydrogen-bond acceptors (Lipinski definition) is 8. The van der Waals surface area contributed by atoms with E-state index in [9.17, 15) is 25.0 Å². The number of nitro groups is 2. The predicted molar refractivity (Wildman–Crippen MR) is 71.5 cm³/mol. The number of oxime groups is 1. The van der Waals surface area contributed by atoms with Crippen LogP contribution in [0.1, 0.15) is 16.1 Å². The largest absolute Gasteiger partial charge is 0.433 e. The molecule has 0 fully saturated rings. The van der Waals surface area contributed by atoms with E-state index in [0.29, 0.717) is 0 Å². The van der Waals surface area contributed by atoms with Crippen LogP contribution in [-0.4, -0.2) is 22.0 Å². The van der Waals surface area contributed by atoms with Gasteiger partial charge in [0.15, 0.2) is 5.76 Å². The van der Waals surface area contributed by atoms with Gasteiger partial charge in [-0.1, -0.05) is 5.16 Å². The van der Waals surface area contributed by atoms with Gasteiger partial charge in [0, 0.05) is 12.1 Å². The highest BCUT2D eigenvalue weighted by Crippen LogP contribution is 2.14. The minimum absolute atomic E-state index is 0.0307. The Bertz CT molecular complexity index is 748. The van der Waals surface area contributed by atoms with Crippen molar-refractivity contribution in [3.05, 3.63) is 68.0 Å². The molecule has 0 N–H and O–H groups in total. The van der Waals surface area contributed by atoms with Crippen LogP contribution < -0.4 is 0 Å². The first-order chi connectivity index (χ1) is 10.5. The van der Waals surface area contributed by atoms with Crippen molar-refractivity contribution < 1.29 is 23.9 Å². The third-order valence-corrected chi connectivity index (χ3v) is 2.42. The zero-order valence-electron chi connectivity index (χ0n) is 10.7. The Balaban J connectivity index is 1.98. The molecule has 22 heavy (non-hydrogen) atoms. The normalized spacial score (nSPS) is 10.5.